The highest BCUT2D eigenvalue weighted by Crippen LogP contribution is 2.27. The van der Waals surface area contributed by atoms with Crippen molar-refractivity contribution in [2.75, 3.05) is 19.0 Å². The minimum atomic E-state index is -0.0543. The summed E-state index contributed by atoms with van der Waals surface area (Å²) >= 11 is 3.48. The first kappa shape index (κ1) is 18.5. The van der Waals surface area contributed by atoms with Crippen LogP contribution in [0.25, 0.3) is 0 Å². The molecule has 0 saturated carbocycles. The highest BCUT2D eigenvalue weighted by Gasteiger charge is 2.11. The summed E-state index contributed by atoms with van der Waals surface area (Å²) in [6, 6.07) is 11.9. The third-order valence-electron chi connectivity index (χ3n) is 3.90. The summed E-state index contributed by atoms with van der Waals surface area (Å²) < 4.78 is 6.13. The van der Waals surface area contributed by atoms with Crippen molar-refractivity contribution in [3.63, 3.8) is 0 Å². The summed E-state index contributed by atoms with van der Waals surface area (Å²) in [4.78, 5) is 12.1. The van der Waals surface area contributed by atoms with Crippen molar-refractivity contribution in [3.05, 3.63) is 57.6 Å². The molecule has 2 aromatic rings. The topological polar surface area (TPSA) is 50.4 Å². The van der Waals surface area contributed by atoms with E-state index < -0.39 is 0 Å². The summed E-state index contributed by atoms with van der Waals surface area (Å²) in [6.07, 6.45) is 0. The van der Waals surface area contributed by atoms with Gasteiger partial charge in [0.15, 0.2) is 0 Å². The van der Waals surface area contributed by atoms with Gasteiger partial charge >= 0.3 is 0 Å². The molecule has 0 unspecified atom stereocenters. The van der Waals surface area contributed by atoms with Crippen LogP contribution >= 0.6 is 15.9 Å². The van der Waals surface area contributed by atoms with Gasteiger partial charge < -0.3 is 15.4 Å². The zero-order chi connectivity index (χ0) is 17.7. The number of hydrogen-bond donors (Lipinski definition) is 2. The molecule has 0 aliphatic rings. The highest BCUT2D eigenvalue weighted by molar-refractivity contribution is 9.10. The van der Waals surface area contributed by atoms with Crippen LogP contribution in [0.4, 0.5) is 5.69 Å². The zero-order valence-electron chi connectivity index (χ0n) is 14.4. The SMILES string of the molecule is COc1ccc([C@H](C)NCC(=O)Nc2ccc(C)cc2C)cc1Br. The lowest BCUT2D eigenvalue weighted by Crippen LogP contribution is -2.30. The van der Waals surface area contributed by atoms with Crippen LogP contribution < -0.4 is 15.4 Å². The number of benzene rings is 2. The molecule has 128 valence electrons. The average molecular weight is 391 g/mol. The minimum Gasteiger partial charge on any atom is -0.496 e. The van der Waals surface area contributed by atoms with E-state index in [4.69, 9.17) is 4.74 Å². The maximum Gasteiger partial charge on any atom is 0.238 e. The molecule has 2 aromatic carbocycles. The Morgan fingerprint density at radius 3 is 2.58 bits per heavy atom. The van der Waals surface area contributed by atoms with Crippen molar-refractivity contribution in [2.24, 2.45) is 0 Å². The second-order valence-corrected chi connectivity index (χ2v) is 6.72. The van der Waals surface area contributed by atoms with E-state index in [-0.39, 0.29) is 18.5 Å². The van der Waals surface area contributed by atoms with Crippen LogP contribution in [0.2, 0.25) is 0 Å². The Balaban J connectivity index is 1.92. The lowest BCUT2D eigenvalue weighted by molar-refractivity contribution is -0.115. The van der Waals surface area contributed by atoms with E-state index in [2.05, 4.69) is 32.6 Å². The number of ether oxygens (including phenoxy) is 1. The maximum atomic E-state index is 12.1. The first-order valence-corrected chi connectivity index (χ1v) is 8.64. The molecule has 0 heterocycles. The van der Waals surface area contributed by atoms with Gasteiger partial charge in [-0.05, 0) is 66.0 Å². The molecule has 2 rings (SSSR count). The fourth-order valence-electron chi connectivity index (χ4n) is 2.46. The number of hydrogen-bond acceptors (Lipinski definition) is 3. The van der Waals surface area contributed by atoms with E-state index in [1.54, 1.807) is 7.11 Å². The Labute approximate surface area is 151 Å². The van der Waals surface area contributed by atoms with Gasteiger partial charge in [0.25, 0.3) is 0 Å². The normalized spacial score (nSPS) is 11.9. The Morgan fingerprint density at radius 2 is 1.96 bits per heavy atom. The van der Waals surface area contributed by atoms with Crippen LogP contribution in [0.15, 0.2) is 40.9 Å². The van der Waals surface area contributed by atoms with Crippen molar-refractivity contribution in [2.45, 2.75) is 26.8 Å². The Hall–Kier alpha value is -1.85. The number of rotatable bonds is 6. The second kappa shape index (κ2) is 8.31. The van der Waals surface area contributed by atoms with Crippen LogP contribution in [0.5, 0.6) is 5.75 Å². The second-order valence-electron chi connectivity index (χ2n) is 5.86. The molecule has 0 aliphatic carbocycles. The van der Waals surface area contributed by atoms with Crippen LogP contribution in [0.3, 0.4) is 0 Å². The lowest BCUT2D eigenvalue weighted by Gasteiger charge is -2.16. The molecule has 0 fully saturated rings. The summed E-state index contributed by atoms with van der Waals surface area (Å²) in [7, 11) is 1.64. The number of nitrogens with one attached hydrogen (secondary N) is 2. The number of methoxy groups -OCH3 is 1. The van der Waals surface area contributed by atoms with Crippen molar-refractivity contribution >= 4 is 27.5 Å². The Bertz CT molecular complexity index is 731. The van der Waals surface area contributed by atoms with Gasteiger partial charge in [0.1, 0.15) is 5.75 Å². The van der Waals surface area contributed by atoms with Gasteiger partial charge in [-0.3, -0.25) is 4.79 Å². The van der Waals surface area contributed by atoms with Crippen molar-refractivity contribution in [1.82, 2.24) is 5.32 Å². The van der Waals surface area contributed by atoms with Gasteiger partial charge in [0, 0.05) is 11.7 Å². The monoisotopic (exact) mass is 390 g/mol. The molecule has 0 bridgehead atoms. The van der Waals surface area contributed by atoms with Crippen LogP contribution in [0.1, 0.15) is 29.7 Å². The number of anilines is 1. The fourth-order valence-corrected chi connectivity index (χ4v) is 3.02. The largest absolute Gasteiger partial charge is 0.496 e. The number of carbonyl (C=O) groups excluding carboxylic acids is 1. The summed E-state index contributed by atoms with van der Waals surface area (Å²) in [6.45, 7) is 6.30. The molecule has 1 atom stereocenters. The third-order valence-corrected chi connectivity index (χ3v) is 4.52. The Kier molecular flexibility index (Phi) is 6.40. The van der Waals surface area contributed by atoms with Crippen LogP contribution in [-0.2, 0) is 4.79 Å². The molecule has 1 amide bonds. The summed E-state index contributed by atoms with van der Waals surface area (Å²) in [5.74, 6) is 0.736. The van der Waals surface area contributed by atoms with E-state index in [0.29, 0.717) is 0 Å². The fraction of sp³-hybridized carbons (Fsp3) is 0.316. The molecule has 0 aliphatic heterocycles. The molecule has 5 heteroatoms. The number of amides is 1. The minimum absolute atomic E-state index is 0.0528. The van der Waals surface area contributed by atoms with Gasteiger partial charge in [-0.25, -0.2) is 0 Å². The van der Waals surface area contributed by atoms with Gasteiger partial charge in [-0.1, -0.05) is 23.8 Å². The van der Waals surface area contributed by atoms with Gasteiger partial charge in [0.05, 0.1) is 18.1 Å². The molecule has 2 N–H and O–H groups in total. The van der Waals surface area contributed by atoms with Gasteiger partial charge in [-0.15, -0.1) is 0 Å². The van der Waals surface area contributed by atoms with Gasteiger partial charge in [-0.2, -0.15) is 0 Å². The predicted molar refractivity (Wildman–Crippen MR) is 102 cm³/mol. The van der Waals surface area contributed by atoms with E-state index in [0.717, 1.165) is 27.0 Å². The molecule has 0 saturated heterocycles. The maximum absolute atomic E-state index is 12.1. The lowest BCUT2D eigenvalue weighted by atomic mass is 10.1. The smallest absolute Gasteiger partial charge is 0.238 e. The first-order chi connectivity index (χ1) is 11.4. The van der Waals surface area contributed by atoms with Crippen molar-refractivity contribution < 1.29 is 9.53 Å². The molecule has 4 nitrogen and oxygen atoms in total. The standard InChI is InChI=1S/C19H23BrN2O2/c1-12-5-7-17(13(2)9-12)22-19(23)11-21-14(3)15-6-8-18(24-4)16(20)10-15/h5-10,14,21H,11H2,1-4H3,(H,22,23)/t14-/m0/s1. The van der Waals surface area contributed by atoms with Gasteiger partial charge in [0.2, 0.25) is 5.91 Å². The first-order valence-electron chi connectivity index (χ1n) is 7.84. The summed E-state index contributed by atoms with van der Waals surface area (Å²) in [5.41, 5.74) is 4.19. The molecule has 0 spiro atoms. The molecule has 0 aromatic heterocycles. The number of halogens is 1. The van der Waals surface area contributed by atoms with Crippen LogP contribution in [0, 0.1) is 13.8 Å². The summed E-state index contributed by atoms with van der Waals surface area (Å²) in [5, 5.41) is 6.18. The quantitative estimate of drug-likeness (QED) is 0.769. The predicted octanol–water partition coefficient (Wildman–Crippen LogP) is 4.36. The Morgan fingerprint density at radius 1 is 1.21 bits per heavy atom. The van der Waals surface area contributed by atoms with E-state index in [1.807, 2.05) is 51.1 Å². The third kappa shape index (κ3) is 4.82. The highest BCUT2D eigenvalue weighted by atomic mass is 79.9. The molecule has 0 radical (unpaired) electrons. The van der Waals surface area contributed by atoms with Crippen LogP contribution in [-0.4, -0.2) is 19.6 Å². The molecular formula is C19H23BrN2O2. The van der Waals surface area contributed by atoms with E-state index in [9.17, 15) is 4.79 Å². The van der Waals surface area contributed by atoms with E-state index >= 15 is 0 Å². The molecule has 24 heavy (non-hydrogen) atoms. The van der Waals surface area contributed by atoms with E-state index in [1.165, 1.54) is 5.56 Å². The zero-order valence-corrected chi connectivity index (χ0v) is 16.0. The van der Waals surface area contributed by atoms with Crippen molar-refractivity contribution in [1.29, 1.82) is 0 Å². The average Bonchev–Trinajstić information content (AvgIpc) is 2.55. The number of aryl methyl sites for hydroxylation is 2. The molecular weight excluding hydrogens is 368 g/mol. The van der Waals surface area contributed by atoms with Crippen molar-refractivity contribution in [3.8, 4) is 5.75 Å². The number of carbonyl (C=O) groups is 1.